The summed E-state index contributed by atoms with van der Waals surface area (Å²) >= 11 is 3.98. The van der Waals surface area contributed by atoms with Crippen molar-refractivity contribution in [3.63, 3.8) is 0 Å². The Kier molecular flexibility index (Phi) is 3.31. The van der Waals surface area contributed by atoms with Gasteiger partial charge in [0.1, 0.15) is 6.04 Å². The third-order valence-corrected chi connectivity index (χ3v) is 2.79. The average Bonchev–Trinajstić information content (AvgIpc) is 2.37. The lowest BCUT2D eigenvalue weighted by atomic mass is 10.0. The number of nitrogens with zero attached hydrogens (tertiary/aromatic N) is 1. The van der Waals surface area contributed by atoms with Gasteiger partial charge >= 0.3 is 0 Å². The summed E-state index contributed by atoms with van der Waals surface area (Å²) in [5, 5.41) is 0. The molecule has 0 aromatic rings. The van der Waals surface area contributed by atoms with E-state index in [1.54, 1.807) is 6.92 Å². The monoisotopic (exact) mass is 215 g/mol. The molecule has 1 aliphatic heterocycles. The van der Waals surface area contributed by atoms with Gasteiger partial charge in [0, 0.05) is 12.7 Å². The van der Waals surface area contributed by atoms with Gasteiger partial charge in [-0.1, -0.05) is 6.92 Å². The quantitative estimate of drug-likeness (QED) is 0.531. The first-order valence-corrected chi connectivity index (χ1v) is 5.16. The molecule has 1 fully saturated rings. The van der Waals surface area contributed by atoms with Gasteiger partial charge in [0.05, 0.1) is 5.92 Å². The van der Waals surface area contributed by atoms with Crippen LogP contribution in [0.15, 0.2) is 0 Å². The van der Waals surface area contributed by atoms with Crippen LogP contribution in [0.4, 0.5) is 0 Å². The molecule has 14 heavy (non-hydrogen) atoms. The van der Waals surface area contributed by atoms with Crippen LogP contribution in [0.5, 0.6) is 0 Å². The normalized spacial score (nSPS) is 27.2. The van der Waals surface area contributed by atoms with E-state index in [1.807, 2.05) is 0 Å². The van der Waals surface area contributed by atoms with Gasteiger partial charge in [-0.25, -0.2) is 0 Å². The topological polar surface area (TPSA) is 54.5 Å². The van der Waals surface area contributed by atoms with Crippen LogP contribution >= 0.6 is 12.6 Å². The minimum absolute atomic E-state index is 0.178. The van der Waals surface area contributed by atoms with Gasteiger partial charge in [-0.15, -0.1) is 0 Å². The van der Waals surface area contributed by atoms with Crippen LogP contribution in [0.3, 0.4) is 0 Å². The first-order valence-electron chi connectivity index (χ1n) is 4.52. The van der Waals surface area contributed by atoms with Gasteiger partial charge in [-0.3, -0.25) is 19.3 Å². The number of hydrogen-bond donors (Lipinski definition) is 1. The van der Waals surface area contributed by atoms with Crippen molar-refractivity contribution >= 4 is 30.2 Å². The molecule has 0 bridgehead atoms. The highest BCUT2D eigenvalue weighted by atomic mass is 32.1. The Balaban J connectivity index is 3.01. The summed E-state index contributed by atoms with van der Waals surface area (Å²) < 4.78 is 0. The molecular formula is C9H13NO3S. The smallest absolute Gasteiger partial charge is 0.240 e. The Morgan fingerprint density at radius 2 is 2.07 bits per heavy atom. The molecule has 4 nitrogen and oxygen atoms in total. The van der Waals surface area contributed by atoms with Crippen molar-refractivity contribution < 1.29 is 14.4 Å². The number of Topliss-reactive ketones (excluding diaryl/α,β-unsaturated/α-hetero) is 1. The SMILES string of the molecule is CCC1C(=O)C(CS)N(C(C)=O)C1=O. The van der Waals surface area contributed by atoms with Gasteiger partial charge < -0.3 is 0 Å². The highest BCUT2D eigenvalue weighted by Gasteiger charge is 2.47. The Hall–Kier alpha value is -0.840. The molecule has 0 aromatic carbocycles. The molecule has 1 aliphatic rings. The molecule has 1 saturated heterocycles. The summed E-state index contributed by atoms with van der Waals surface area (Å²) in [5.74, 6) is -1.36. The third-order valence-electron chi connectivity index (χ3n) is 2.44. The van der Waals surface area contributed by atoms with Crippen LogP contribution in [-0.4, -0.2) is 34.3 Å². The molecule has 0 spiro atoms. The zero-order chi connectivity index (χ0) is 10.9. The van der Waals surface area contributed by atoms with E-state index in [0.29, 0.717) is 6.42 Å². The number of amides is 2. The zero-order valence-corrected chi connectivity index (χ0v) is 9.08. The van der Waals surface area contributed by atoms with E-state index in [0.717, 1.165) is 4.90 Å². The number of likely N-dealkylation sites (tertiary alicyclic amines) is 1. The van der Waals surface area contributed by atoms with Crippen LogP contribution < -0.4 is 0 Å². The fourth-order valence-electron chi connectivity index (χ4n) is 1.72. The molecule has 0 aliphatic carbocycles. The van der Waals surface area contributed by atoms with Crippen LogP contribution in [0.25, 0.3) is 0 Å². The van der Waals surface area contributed by atoms with E-state index < -0.39 is 12.0 Å². The Labute approximate surface area is 88.1 Å². The molecule has 5 heteroatoms. The van der Waals surface area contributed by atoms with E-state index >= 15 is 0 Å². The number of hydrogen-bond acceptors (Lipinski definition) is 4. The van der Waals surface area contributed by atoms with Crippen molar-refractivity contribution in [1.82, 2.24) is 4.90 Å². The van der Waals surface area contributed by atoms with E-state index in [4.69, 9.17) is 0 Å². The lowest BCUT2D eigenvalue weighted by Crippen LogP contribution is -2.40. The predicted octanol–water partition coefficient (Wildman–Crippen LogP) is 0.269. The minimum atomic E-state index is -0.659. The fraction of sp³-hybridized carbons (Fsp3) is 0.667. The molecule has 2 amide bonds. The second-order valence-electron chi connectivity index (χ2n) is 3.29. The summed E-state index contributed by atoms with van der Waals surface area (Å²) in [4.78, 5) is 35.4. The Morgan fingerprint density at radius 3 is 2.36 bits per heavy atom. The number of thiol groups is 1. The molecule has 78 valence electrons. The maximum atomic E-state index is 11.6. The molecule has 1 rings (SSSR count). The Bertz CT molecular complexity index is 290. The first-order chi connectivity index (χ1) is 6.54. The molecule has 0 saturated carbocycles. The first kappa shape index (κ1) is 11.2. The molecule has 2 unspecified atom stereocenters. The number of carbonyl (C=O) groups excluding carboxylic acids is 3. The van der Waals surface area contributed by atoms with Crippen molar-refractivity contribution in [1.29, 1.82) is 0 Å². The van der Waals surface area contributed by atoms with Crippen LogP contribution in [0, 0.1) is 5.92 Å². The van der Waals surface area contributed by atoms with Crippen molar-refractivity contribution in [2.24, 2.45) is 5.92 Å². The van der Waals surface area contributed by atoms with E-state index in [-0.39, 0.29) is 23.4 Å². The van der Waals surface area contributed by atoms with Gasteiger partial charge in [0.2, 0.25) is 11.8 Å². The lowest BCUT2D eigenvalue weighted by Gasteiger charge is -2.17. The van der Waals surface area contributed by atoms with Crippen LogP contribution in [0.2, 0.25) is 0 Å². The minimum Gasteiger partial charge on any atom is -0.296 e. The average molecular weight is 215 g/mol. The summed E-state index contributed by atoms with van der Waals surface area (Å²) in [5.41, 5.74) is 0. The molecule has 2 atom stereocenters. The third kappa shape index (κ3) is 1.56. The second kappa shape index (κ2) is 4.13. The van der Waals surface area contributed by atoms with E-state index in [2.05, 4.69) is 12.6 Å². The summed E-state index contributed by atoms with van der Waals surface area (Å²) in [6.07, 6.45) is 0.450. The molecule has 1 heterocycles. The number of imide groups is 1. The van der Waals surface area contributed by atoms with Gasteiger partial charge in [-0.05, 0) is 6.42 Å². The lowest BCUT2D eigenvalue weighted by molar-refractivity contribution is -0.143. The maximum absolute atomic E-state index is 11.6. The van der Waals surface area contributed by atoms with Gasteiger partial charge in [0.25, 0.3) is 0 Å². The van der Waals surface area contributed by atoms with Crippen LogP contribution in [-0.2, 0) is 14.4 Å². The zero-order valence-electron chi connectivity index (χ0n) is 8.19. The molecule has 0 N–H and O–H groups in total. The highest BCUT2D eigenvalue weighted by molar-refractivity contribution is 7.80. The molecular weight excluding hydrogens is 202 g/mol. The van der Waals surface area contributed by atoms with Crippen molar-refractivity contribution in [2.75, 3.05) is 5.75 Å². The number of ketones is 1. The maximum Gasteiger partial charge on any atom is 0.240 e. The number of carbonyl (C=O) groups is 3. The van der Waals surface area contributed by atoms with E-state index in [9.17, 15) is 14.4 Å². The van der Waals surface area contributed by atoms with E-state index in [1.165, 1.54) is 6.92 Å². The van der Waals surface area contributed by atoms with Crippen LogP contribution in [0.1, 0.15) is 20.3 Å². The standard InChI is InChI=1S/C9H13NO3S/c1-3-6-8(12)7(4-14)10(5(2)11)9(6)13/h6-7,14H,3-4H2,1-2H3. The largest absolute Gasteiger partial charge is 0.296 e. The van der Waals surface area contributed by atoms with Crippen molar-refractivity contribution in [2.45, 2.75) is 26.3 Å². The Morgan fingerprint density at radius 1 is 1.50 bits per heavy atom. The van der Waals surface area contributed by atoms with Gasteiger partial charge in [-0.2, -0.15) is 12.6 Å². The summed E-state index contributed by atoms with van der Waals surface area (Å²) in [6, 6.07) is -0.659. The second-order valence-corrected chi connectivity index (χ2v) is 3.65. The molecule has 0 aromatic heterocycles. The highest BCUT2D eigenvalue weighted by Crippen LogP contribution is 2.24. The van der Waals surface area contributed by atoms with Crippen molar-refractivity contribution in [3.8, 4) is 0 Å². The van der Waals surface area contributed by atoms with Crippen molar-refractivity contribution in [3.05, 3.63) is 0 Å². The van der Waals surface area contributed by atoms with Gasteiger partial charge in [0.15, 0.2) is 5.78 Å². The number of rotatable bonds is 2. The molecule has 0 radical (unpaired) electrons. The predicted molar refractivity (Wildman–Crippen MR) is 54.0 cm³/mol. The fourth-order valence-corrected chi connectivity index (χ4v) is 2.07. The summed E-state index contributed by atoms with van der Waals surface area (Å²) in [6.45, 7) is 3.05. The summed E-state index contributed by atoms with van der Waals surface area (Å²) in [7, 11) is 0.